The highest BCUT2D eigenvalue weighted by Crippen LogP contribution is 2.25. The van der Waals surface area contributed by atoms with Gasteiger partial charge in [-0.3, -0.25) is 5.10 Å². The van der Waals surface area contributed by atoms with Crippen molar-refractivity contribution >= 4 is 0 Å². The van der Waals surface area contributed by atoms with Gasteiger partial charge in [-0.15, -0.1) is 0 Å². The fourth-order valence-electron chi connectivity index (χ4n) is 1.46. The van der Waals surface area contributed by atoms with Crippen molar-refractivity contribution < 1.29 is 4.74 Å². The molecule has 2 heterocycles. The van der Waals surface area contributed by atoms with Crippen LogP contribution in [0.25, 0.3) is 0 Å². The number of nitriles is 1. The predicted molar refractivity (Wildman–Crippen MR) is 41.5 cm³/mol. The molecular weight excluding hydrogens is 154 g/mol. The lowest BCUT2D eigenvalue weighted by Gasteiger charge is -2.02. The van der Waals surface area contributed by atoms with Gasteiger partial charge in [0, 0.05) is 12.5 Å². The third-order valence-electron chi connectivity index (χ3n) is 2.13. The molecule has 1 unspecified atom stereocenters. The first-order chi connectivity index (χ1) is 5.92. The van der Waals surface area contributed by atoms with Crippen LogP contribution >= 0.6 is 0 Å². The molecule has 1 aromatic rings. The lowest BCUT2D eigenvalue weighted by molar-refractivity contribution is 0.193. The lowest BCUT2D eigenvalue weighted by Crippen LogP contribution is -2.00. The minimum absolute atomic E-state index is 0.335. The number of ether oxygens (including phenoxy) is 1. The van der Waals surface area contributed by atoms with Gasteiger partial charge in [0.05, 0.1) is 24.1 Å². The zero-order chi connectivity index (χ0) is 8.39. The summed E-state index contributed by atoms with van der Waals surface area (Å²) in [6.45, 7) is 1.49. The highest BCUT2D eigenvalue weighted by atomic mass is 16.5. The van der Waals surface area contributed by atoms with Gasteiger partial charge in [-0.2, -0.15) is 10.4 Å². The molecule has 0 saturated carbocycles. The van der Waals surface area contributed by atoms with Crippen molar-refractivity contribution in [2.45, 2.75) is 12.3 Å². The molecule has 0 spiro atoms. The number of hydrogen-bond acceptors (Lipinski definition) is 3. The number of H-pyrrole nitrogens is 1. The van der Waals surface area contributed by atoms with Gasteiger partial charge in [0.25, 0.3) is 0 Å². The van der Waals surface area contributed by atoms with Crippen LogP contribution in [0.3, 0.4) is 0 Å². The smallest absolute Gasteiger partial charge is 0.103 e. The lowest BCUT2D eigenvalue weighted by atomic mass is 10.0. The van der Waals surface area contributed by atoms with Crippen LogP contribution in [-0.4, -0.2) is 23.4 Å². The molecule has 0 amide bonds. The Balaban J connectivity index is 2.27. The molecule has 1 atom stereocenters. The largest absolute Gasteiger partial charge is 0.381 e. The summed E-state index contributed by atoms with van der Waals surface area (Å²) in [6, 6.07) is 2.10. The van der Waals surface area contributed by atoms with E-state index >= 15 is 0 Å². The summed E-state index contributed by atoms with van der Waals surface area (Å²) in [4.78, 5) is 0. The van der Waals surface area contributed by atoms with Gasteiger partial charge in [-0.25, -0.2) is 0 Å². The van der Waals surface area contributed by atoms with Gasteiger partial charge >= 0.3 is 0 Å². The maximum Gasteiger partial charge on any atom is 0.103 e. The number of nitrogens with zero attached hydrogens (tertiary/aromatic N) is 2. The molecule has 0 radical (unpaired) electrons. The van der Waals surface area contributed by atoms with Crippen molar-refractivity contribution in [2.75, 3.05) is 13.2 Å². The molecule has 1 aliphatic heterocycles. The summed E-state index contributed by atoms with van der Waals surface area (Å²) in [5.41, 5.74) is 1.57. The van der Waals surface area contributed by atoms with E-state index in [1.807, 2.05) is 0 Å². The van der Waals surface area contributed by atoms with E-state index < -0.39 is 0 Å². The summed E-state index contributed by atoms with van der Waals surface area (Å²) in [5.74, 6) is 0.335. The van der Waals surface area contributed by atoms with Crippen LogP contribution in [-0.2, 0) is 4.74 Å². The molecule has 1 aliphatic rings. The molecule has 62 valence electrons. The summed E-state index contributed by atoms with van der Waals surface area (Å²) >= 11 is 0. The van der Waals surface area contributed by atoms with Gasteiger partial charge in [-0.1, -0.05) is 0 Å². The van der Waals surface area contributed by atoms with E-state index in [9.17, 15) is 0 Å². The molecule has 1 fully saturated rings. The van der Waals surface area contributed by atoms with Gasteiger partial charge in [0.1, 0.15) is 6.07 Å². The van der Waals surface area contributed by atoms with Crippen LogP contribution in [0, 0.1) is 11.3 Å². The highest BCUT2D eigenvalue weighted by molar-refractivity contribution is 5.33. The molecule has 12 heavy (non-hydrogen) atoms. The molecule has 1 N–H and O–H groups in total. The Kier molecular flexibility index (Phi) is 1.80. The van der Waals surface area contributed by atoms with Gasteiger partial charge in [0.15, 0.2) is 0 Å². The van der Waals surface area contributed by atoms with Crippen LogP contribution in [0.5, 0.6) is 0 Å². The molecule has 1 aromatic heterocycles. The zero-order valence-electron chi connectivity index (χ0n) is 6.58. The highest BCUT2D eigenvalue weighted by Gasteiger charge is 2.21. The number of aromatic amines is 1. The van der Waals surface area contributed by atoms with Crippen molar-refractivity contribution in [2.24, 2.45) is 0 Å². The van der Waals surface area contributed by atoms with Crippen molar-refractivity contribution in [1.82, 2.24) is 10.2 Å². The van der Waals surface area contributed by atoms with Crippen LogP contribution in [0.2, 0.25) is 0 Å². The third-order valence-corrected chi connectivity index (χ3v) is 2.13. The molecule has 0 aliphatic carbocycles. The van der Waals surface area contributed by atoms with Crippen LogP contribution in [0.15, 0.2) is 6.20 Å². The summed E-state index contributed by atoms with van der Waals surface area (Å²) in [7, 11) is 0. The van der Waals surface area contributed by atoms with Crippen molar-refractivity contribution in [3.63, 3.8) is 0 Å². The SMILES string of the molecule is N#Cc1cn[nH]c1C1CCOC1. The summed E-state index contributed by atoms with van der Waals surface area (Å²) in [6.07, 6.45) is 2.55. The summed E-state index contributed by atoms with van der Waals surface area (Å²) < 4.78 is 5.22. The Hall–Kier alpha value is -1.34. The molecule has 2 rings (SSSR count). The maximum absolute atomic E-state index is 8.72. The van der Waals surface area contributed by atoms with Crippen molar-refractivity contribution in [3.8, 4) is 6.07 Å². The third kappa shape index (κ3) is 1.08. The molecule has 0 aromatic carbocycles. The van der Waals surface area contributed by atoms with Crippen molar-refractivity contribution in [1.29, 1.82) is 5.26 Å². The van der Waals surface area contributed by atoms with Crippen LogP contribution < -0.4 is 0 Å². The first kappa shape index (κ1) is 7.32. The van der Waals surface area contributed by atoms with E-state index in [0.29, 0.717) is 18.1 Å². The average molecular weight is 163 g/mol. The number of rotatable bonds is 1. The Morgan fingerprint density at radius 2 is 2.67 bits per heavy atom. The minimum atomic E-state index is 0.335. The molecule has 4 heteroatoms. The Bertz CT molecular complexity index is 306. The van der Waals surface area contributed by atoms with E-state index in [1.165, 1.54) is 0 Å². The average Bonchev–Trinajstić information content (AvgIpc) is 2.74. The van der Waals surface area contributed by atoms with Crippen molar-refractivity contribution in [3.05, 3.63) is 17.5 Å². The first-order valence-corrected chi connectivity index (χ1v) is 3.93. The quantitative estimate of drug-likeness (QED) is 0.665. The normalized spacial score (nSPS) is 22.4. The maximum atomic E-state index is 8.72. The summed E-state index contributed by atoms with van der Waals surface area (Å²) in [5, 5.41) is 15.4. The number of hydrogen-bond donors (Lipinski definition) is 1. The molecule has 1 saturated heterocycles. The Morgan fingerprint density at radius 3 is 3.33 bits per heavy atom. The second-order valence-corrected chi connectivity index (χ2v) is 2.87. The second kappa shape index (κ2) is 2.95. The van der Waals surface area contributed by atoms with E-state index in [0.717, 1.165) is 18.7 Å². The molecule has 4 nitrogen and oxygen atoms in total. The van der Waals surface area contributed by atoms with E-state index in [-0.39, 0.29) is 0 Å². The van der Waals surface area contributed by atoms with E-state index in [2.05, 4.69) is 16.3 Å². The monoisotopic (exact) mass is 163 g/mol. The van der Waals surface area contributed by atoms with E-state index in [4.69, 9.17) is 10.00 Å². The van der Waals surface area contributed by atoms with Gasteiger partial charge in [-0.05, 0) is 6.42 Å². The molecule has 0 bridgehead atoms. The minimum Gasteiger partial charge on any atom is -0.381 e. The Labute approximate surface area is 70.2 Å². The van der Waals surface area contributed by atoms with Gasteiger partial charge < -0.3 is 4.74 Å². The predicted octanol–water partition coefficient (Wildman–Crippen LogP) is 0.785. The fourth-order valence-corrected chi connectivity index (χ4v) is 1.46. The zero-order valence-corrected chi connectivity index (χ0v) is 6.58. The number of nitrogens with one attached hydrogen (secondary N) is 1. The molecular formula is C8H9N3O. The second-order valence-electron chi connectivity index (χ2n) is 2.87. The number of aromatic nitrogens is 2. The topological polar surface area (TPSA) is 61.7 Å². The van der Waals surface area contributed by atoms with E-state index in [1.54, 1.807) is 6.20 Å². The fraction of sp³-hybridized carbons (Fsp3) is 0.500. The standard InChI is InChI=1S/C8H9N3O/c9-3-7-4-10-11-8(7)6-1-2-12-5-6/h4,6H,1-2,5H2,(H,10,11). The van der Waals surface area contributed by atoms with Gasteiger partial charge in [0.2, 0.25) is 0 Å². The van der Waals surface area contributed by atoms with Crippen LogP contribution in [0.1, 0.15) is 23.6 Å². The Morgan fingerprint density at radius 1 is 1.75 bits per heavy atom. The first-order valence-electron chi connectivity index (χ1n) is 3.93. The van der Waals surface area contributed by atoms with Crippen LogP contribution in [0.4, 0.5) is 0 Å².